The molecule has 0 aliphatic carbocycles. The van der Waals surface area contributed by atoms with Crippen LogP contribution in [-0.2, 0) is 13.1 Å². The minimum Gasteiger partial charge on any atom is -0.299 e. The number of pyridine rings is 1. The molecule has 0 spiro atoms. The number of rotatable bonds is 5. The maximum Gasteiger partial charge on any atom is 0.113 e. The summed E-state index contributed by atoms with van der Waals surface area (Å²) < 4.78 is 1.90. The van der Waals surface area contributed by atoms with Gasteiger partial charge in [-0.2, -0.15) is 0 Å². The molecule has 1 aliphatic heterocycles. The van der Waals surface area contributed by atoms with E-state index < -0.39 is 0 Å². The summed E-state index contributed by atoms with van der Waals surface area (Å²) in [6, 6.07) is 8.59. The number of hydrogen-bond donors (Lipinski definition) is 0. The molecule has 0 saturated carbocycles. The zero-order chi connectivity index (χ0) is 19.5. The molecule has 0 N–H and O–H groups in total. The molecule has 2 aromatic heterocycles. The molecule has 1 aliphatic rings. The highest BCUT2D eigenvalue weighted by atomic mass is 15.4. The van der Waals surface area contributed by atoms with Crippen molar-refractivity contribution in [1.82, 2.24) is 24.9 Å². The summed E-state index contributed by atoms with van der Waals surface area (Å²) >= 11 is 0. The Hall–Kier alpha value is -2.53. The van der Waals surface area contributed by atoms with Crippen LogP contribution >= 0.6 is 0 Å². The molecule has 1 aromatic carbocycles. The number of benzene rings is 1. The predicted octanol–water partition coefficient (Wildman–Crippen LogP) is 4.24. The first kappa shape index (κ1) is 18.8. The minimum absolute atomic E-state index is 0.707. The third-order valence-corrected chi connectivity index (χ3v) is 5.70. The Morgan fingerprint density at radius 2 is 1.93 bits per heavy atom. The number of likely N-dealkylation sites (tertiary alicyclic amines) is 1. The van der Waals surface area contributed by atoms with E-state index in [0.29, 0.717) is 6.54 Å². The summed E-state index contributed by atoms with van der Waals surface area (Å²) in [5.41, 5.74) is 7.33. The van der Waals surface area contributed by atoms with Gasteiger partial charge in [0.1, 0.15) is 5.69 Å². The van der Waals surface area contributed by atoms with Gasteiger partial charge >= 0.3 is 0 Å². The Balaban J connectivity index is 1.57. The van der Waals surface area contributed by atoms with E-state index in [-0.39, 0.29) is 0 Å². The van der Waals surface area contributed by atoms with Gasteiger partial charge in [-0.3, -0.25) is 9.88 Å². The van der Waals surface area contributed by atoms with E-state index in [9.17, 15) is 0 Å². The molecule has 1 fully saturated rings. The first-order chi connectivity index (χ1) is 13.6. The van der Waals surface area contributed by atoms with Gasteiger partial charge < -0.3 is 0 Å². The largest absolute Gasteiger partial charge is 0.299 e. The van der Waals surface area contributed by atoms with Crippen LogP contribution in [0.5, 0.6) is 0 Å². The lowest BCUT2D eigenvalue weighted by atomic mass is 9.95. The highest BCUT2D eigenvalue weighted by Crippen LogP contribution is 2.28. The molecule has 1 saturated heterocycles. The van der Waals surface area contributed by atoms with E-state index in [4.69, 9.17) is 0 Å². The second-order valence-electron chi connectivity index (χ2n) is 8.24. The summed E-state index contributed by atoms with van der Waals surface area (Å²) in [7, 11) is 0. The van der Waals surface area contributed by atoms with Crippen LogP contribution in [0, 0.1) is 19.8 Å². The van der Waals surface area contributed by atoms with E-state index >= 15 is 0 Å². The monoisotopic (exact) mass is 375 g/mol. The van der Waals surface area contributed by atoms with Crippen molar-refractivity contribution in [3.63, 3.8) is 0 Å². The van der Waals surface area contributed by atoms with Gasteiger partial charge in [0.2, 0.25) is 0 Å². The van der Waals surface area contributed by atoms with Gasteiger partial charge in [-0.15, -0.1) is 5.10 Å². The van der Waals surface area contributed by atoms with Gasteiger partial charge in [-0.25, -0.2) is 4.68 Å². The van der Waals surface area contributed by atoms with Crippen molar-refractivity contribution in [2.75, 3.05) is 13.1 Å². The van der Waals surface area contributed by atoms with Crippen LogP contribution in [0.1, 0.15) is 42.0 Å². The number of aromatic nitrogens is 4. The SMILES string of the molecule is Cc1cc(CN2CCC[C@@H](C)C2)c(C)c(-c2cn(Cc3ccncc3)nn2)c1. The molecule has 0 bridgehead atoms. The average Bonchev–Trinajstić information content (AvgIpc) is 3.13. The van der Waals surface area contributed by atoms with E-state index in [1.165, 1.54) is 53.7 Å². The van der Waals surface area contributed by atoms with E-state index in [0.717, 1.165) is 18.2 Å². The molecule has 4 rings (SSSR count). The number of nitrogens with zero attached hydrogens (tertiary/aromatic N) is 5. The molecule has 5 nitrogen and oxygen atoms in total. The third kappa shape index (κ3) is 4.30. The van der Waals surface area contributed by atoms with Crippen LogP contribution in [0.25, 0.3) is 11.3 Å². The van der Waals surface area contributed by atoms with Crippen molar-refractivity contribution >= 4 is 0 Å². The van der Waals surface area contributed by atoms with E-state index in [1.54, 1.807) is 0 Å². The Kier molecular flexibility index (Phi) is 5.53. The molecule has 1 atom stereocenters. The average molecular weight is 376 g/mol. The fourth-order valence-corrected chi connectivity index (χ4v) is 4.21. The lowest BCUT2D eigenvalue weighted by Crippen LogP contribution is -2.33. The number of hydrogen-bond acceptors (Lipinski definition) is 4. The molecular formula is C23H29N5. The summed E-state index contributed by atoms with van der Waals surface area (Å²) in [5, 5.41) is 8.82. The van der Waals surface area contributed by atoms with E-state index in [1.807, 2.05) is 29.2 Å². The number of piperidine rings is 1. The van der Waals surface area contributed by atoms with Crippen molar-refractivity contribution in [3.8, 4) is 11.3 Å². The smallest absolute Gasteiger partial charge is 0.113 e. The highest BCUT2D eigenvalue weighted by molar-refractivity contribution is 5.65. The molecule has 28 heavy (non-hydrogen) atoms. The first-order valence-electron chi connectivity index (χ1n) is 10.2. The molecular weight excluding hydrogens is 346 g/mol. The summed E-state index contributed by atoms with van der Waals surface area (Å²) in [5.74, 6) is 0.798. The maximum atomic E-state index is 4.47. The predicted molar refractivity (Wildman–Crippen MR) is 112 cm³/mol. The summed E-state index contributed by atoms with van der Waals surface area (Å²) in [4.78, 5) is 6.67. The van der Waals surface area contributed by atoms with Gasteiger partial charge in [0.25, 0.3) is 0 Å². The minimum atomic E-state index is 0.707. The van der Waals surface area contributed by atoms with Crippen molar-refractivity contribution in [2.24, 2.45) is 5.92 Å². The molecule has 0 amide bonds. The zero-order valence-corrected chi connectivity index (χ0v) is 17.1. The van der Waals surface area contributed by atoms with Gasteiger partial charge in [-0.05, 0) is 74.0 Å². The lowest BCUT2D eigenvalue weighted by Gasteiger charge is -2.31. The summed E-state index contributed by atoms with van der Waals surface area (Å²) in [6.45, 7) is 10.9. The molecule has 5 heteroatoms. The van der Waals surface area contributed by atoms with Crippen LogP contribution in [0.3, 0.4) is 0 Å². The van der Waals surface area contributed by atoms with Crippen molar-refractivity contribution in [1.29, 1.82) is 0 Å². The van der Waals surface area contributed by atoms with Gasteiger partial charge in [0.05, 0.1) is 12.7 Å². The zero-order valence-electron chi connectivity index (χ0n) is 17.1. The molecule has 0 unspecified atom stereocenters. The summed E-state index contributed by atoms with van der Waals surface area (Å²) in [6.07, 6.45) is 8.34. The van der Waals surface area contributed by atoms with Crippen molar-refractivity contribution in [3.05, 3.63) is 65.1 Å². The Labute approximate surface area is 167 Å². The third-order valence-electron chi connectivity index (χ3n) is 5.70. The Morgan fingerprint density at radius 3 is 2.71 bits per heavy atom. The Bertz CT molecular complexity index is 931. The van der Waals surface area contributed by atoms with Gasteiger partial charge in [0, 0.05) is 31.0 Å². The van der Waals surface area contributed by atoms with Crippen LogP contribution in [0.2, 0.25) is 0 Å². The van der Waals surface area contributed by atoms with Crippen molar-refractivity contribution < 1.29 is 0 Å². The maximum absolute atomic E-state index is 4.47. The fraction of sp³-hybridized carbons (Fsp3) is 0.435. The first-order valence-corrected chi connectivity index (χ1v) is 10.2. The molecule has 0 radical (unpaired) electrons. The van der Waals surface area contributed by atoms with Crippen molar-refractivity contribution in [2.45, 2.75) is 46.7 Å². The van der Waals surface area contributed by atoms with Crippen LogP contribution in [0.15, 0.2) is 42.9 Å². The molecule has 146 valence electrons. The normalized spacial score (nSPS) is 17.8. The Morgan fingerprint density at radius 1 is 1.11 bits per heavy atom. The topological polar surface area (TPSA) is 46.8 Å². The van der Waals surface area contributed by atoms with Crippen LogP contribution in [-0.4, -0.2) is 38.0 Å². The van der Waals surface area contributed by atoms with Crippen LogP contribution in [0.4, 0.5) is 0 Å². The second kappa shape index (κ2) is 8.23. The van der Waals surface area contributed by atoms with Gasteiger partial charge in [0.15, 0.2) is 0 Å². The second-order valence-corrected chi connectivity index (χ2v) is 8.24. The molecule has 3 heterocycles. The van der Waals surface area contributed by atoms with Gasteiger partial charge in [-0.1, -0.05) is 23.8 Å². The lowest BCUT2D eigenvalue weighted by molar-refractivity contribution is 0.176. The number of aryl methyl sites for hydroxylation is 1. The highest BCUT2D eigenvalue weighted by Gasteiger charge is 2.18. The quantitative estimate of drug-likeness (QED) is 0.669. The molecule has 3 aromatic rings. The standard InChI is InChI=1S/C23H29N5/c1-17-5-4-10-27(13-17)15-21-11-18(2)12-22(19(21)3)23-16-28(26-25-23)14-20-6-8-24-9-7-20/h6-9,11-12,16-17H,4-5,10,13-15H2,1-3H3/t17-/m1/s1. The van der Waals surface area contributed by atoms with Crippen LogP contribution < -0.4 is 0 Å². The fourth-order valence-electron chi connectivity index (χ4n) is 4.21. The van der Waals surface area contributed by atoms with E-state index in [2.05, 4.69) is 59.3 Å².